The van der Waals surface area contributed by atoms with Gasteiger partial charge < -0.3 is 10.4 Å². The molecule has 4 unspecified atom stereocenters. The van der Waals surface area contributed by atoms with Gasteiger partial charge in [-0.2, -0.15) is 11.8 Å². The van der Waals surface area contributed by atoms with Gasteiger partial charge in [0, 0.05) is 23.9 Å². The Morgan fingerprint density at radius 3 is 2.69 bits per heavy atom. The van der Waals surface area contributed by atoms with Crippen LogP contribution in [0.5, 0.6) is 0 Å². The third-order valence-electron chi connectivity index (χ3n) is 2.99. The summed E-state index contributed by atoms with van der Waals surface area (Å²) >= 11 is 2.04. The molecule has 1 heterocycles. The minimum atomic E-state index is 0.280. The first-order valence-electron chi connectivity index (χ1n) is 5.13. The number of aliphatic hydroxyl groups is 1. The first-order valence-corrected chi connectivity index (χ1v) is 6.18. The Hall–Kier alpha value is 0.270. The fraction of sp³-hybridized carbons (Fsp3) is 1.00. The molecule has 1 rings (SSSR count). The molecule has 0 radical (unpaired) electrons. The van der Waals surface area contributed by atoms with Gasteiger partial charge in [-0.1, -0.05) is 13.8 Å². The molecule has 0 aromatic heterocycles. The van der Waals surface area contributed by atoms with E-state index in [2.05, 4.69) is 26.1 Å². The number of aliphatic hydroxyl groups excluding tert-OH is 1. The summed E-state index contributed by atoms with van der Waals surface area (Å²) in [5, 5.41) is 13.3. The van der Waals surface area contributed by atoms with Crippen LogP contribution in [0.15, 0.2) is 0 Å². The summed E-state index contributed by atoms with van der Waals surface area (Å²) in [6, 6.07) is 1.07. The van der Waals surface area contributed by atoms with Crippen LogP contribution < -0.4 is 5.32 Å². The van der Waals surface area contributed by atoms with Gasteiger partial charge >= 0.3 is 0 Å². The van der Waals surface area contributed by atoms with Crippen molar-refractivity contribution in [2.45, 2.75) is 44.5 Å². The summed E-state index contributed by atoms with van der Waals surface area (Å²) in [5.41, 5.74) is 0. The van der Waals surface area contributed by atoms with E-state index in [-0.39, 0.29) is 6.61 Å². The molecule has 0 aromatic carbocycles. The van der Waals surface area contributed by atoms with Crippen LogP contribution in [0.25, 0.3) is 0 Å². The van der Waals surface area contributed by atoms with Crippen molar-refractivity contribution in [2.75, 3.05) is 12.4 Å². The van der Waals surface area contributed by atoms with E-state index in [9.17, 15) is 0 Å². The Morgan fingerprint density at radius 2 is 2.23 bits per heavy atom. The number of hydrogen-bond acceptors (Lipinski definition) is 3. The van der Waals surface area contributed by atoms with Gasteiger partial charge in [0.1, 0.15) is 0 Å². The van der Waals surface area contributed by atoms with Gasteiger partial charge in [0.15, 0.2) is 0 Å². The summed E-state index contributed by atoms with van der Waals surface area (Å²) in [4.78, 5) is 0. The molecule has 4 atom stereocenters. The van der Waals surface area contributed by atoms with Gasteiger partial charge in [0.05, 0.1) is 0 Å². The highest BCUT2D eigenvalue weighted by Crippen LogP contribution is 2.26. The molecule has 0 amide bonds. The molecular formula is C10H21NOS. The highest BCUT2D eigenvalue weighted by Gasteiger charge is 2.26. The quantitative estimate of drug-likeness (QED) is 0.726. The van der Waals surface area contributed by atoms with E-state index in [0.29, 0.717) is 18.0 Å². The summed E-state index contributed by atoms with van der Waals surface area (Å²) in [7, 11) is 0. The maximum absolute atomic E-state index is 9.00. The van der Waals surface area contributed by atoms with E-state index in [0.717, 1.165) is 5.25 Å². The zero-order chi connectivity index (χ0) is 9.84. The average molecular weight is 203 g/mol. The van der Waals surface area contributed by atoms with Crippen LogP contribution in [-0.2, 0) is 0 Å². The Bertz CT molecular complexity index is 154. The van der Waals surface area contributed by atoms with Crippen molar-refractivity contribution in [1.29, 1.82) is 0 Å². The van der Waals surface area contributed by atoms with Gasteiger partial charge in [-0.05, 0) is 25.0 Å². The third kappa shape index (κ3) is 3.15. The summed E-state index contributed by atoms with van der Waals surface area (Å²) in [6.45, 7) is 6.81. The highest BCUT2D eigenvalue weighted by molar-refractivity contribution is 8.00. The van der Waals surface area contributed by atoms with Crippen molar-refractivity contribution in [3.8, 4) is 0 Å². The van der Waals surface area contributed by atoms with E-state index in [1.54, 1.807) is 0 Å². The monoisotopic (exact) mass is 203 g/mol. The lowest BCUT2D eigenvalue weighted by molar-refractivity contribution is 0.200. The Labute approximate surface area is 85.5 Å². The first kappa shape index (κ1) is 11.3. The largest absolute Gasteiger partial charge is 0.396 e. The van der Waals surface area contributed by atoms with Crippen molar-refractivity contribution in [2.24, 2.45) is 5.92 Å². The van der Waals surface area contributed by atoms with E-state index in [1.165, 1.54) is 12.2 Å². The van der Waals surface area contributed by atoms with Gasteiger partial charge in [-0.25, -0.2) is 0 Å². The van der Waals surface area contributed by atoms with Crippen molar-refractivity contribution in [3.63, 3.8) is 0 Å². The highest BCUT2D eigenvalue weighted by atomic mass is 32.2. The molecule has 1 fully saturated rings. The SMILES string of the molecule is CC(CO)C(C)NC1CCSC1C. The van der Waals surface area contributed by atoms with Crippen LogP contribution in [0.4, 0.5) is 0 Å². The summed E-state index contributed by atoms with van der Waals surface area (Å²) in [5.74, 6) is 1.64. The van der Waals surface area contributed by atoms with Crippen LogP contribution >= 0.6 is 11.8 Å². The topological polar surface area (TPSA) is 32.3 Å². The fourth-order valence-electron chi connectivity index (χ4n) is 1.61. The molecule has 1 saturated heterocycles. The minimum Gasteiger partial charge on any atom is -0.396 e. The van der Waals surface area contributed by atoms with Crippen molar-refractivity contribution in [1.82, 2.24) is 5.32 Å². The van der Waals surface area contributed by atoms with E-state index < -0.39 is 0 Å². The zero-order valence-electron chi connectivity index (χ0n) is 8.79. The van der Waals surface area contributed by atoms with Crippen LogP contribution in [-0.4, -0.2) is 34.8 Å². The normalized spacial score (nSPS) is 33.2. The maximum atomic E-state index is 9.00. The number of nitrogens with one attached hydrogen (secondary N) is 1. The van der Waals surface area contributed by atoms with E-state index in [1.807, 2.05) is 11.8 Å². The number of hydrogen-bond donors (Lipinski definition) is 2. The van der Waals surface area contributed by atoms with Crippen LogP contribution in [0.1, 0.15) is 27.2 Å². The zero-order valence-corrected chi connectivity index (χ0v) is 9.60. The Balaban J connectivity index is 2.30. The van der Waals surface area contributed by atoms with Gasteiger partial charge in [-0.15, -0.1) is 0 Å². The van der Waals surface area contributed by atoms with Crippen LogP contribution in [0.2, 0.25) is 0 Å². The summed E-state index contributed by atoms with van der Waals surface area (Å²) in [6.07, 6.45) is 1.27. The minimum absolute atomic E-state index is 0.280. The Kier molecular flexibility index (Phi) is 4.56. The molecular weight excluding hydrogens is 182 g/mol. The fourth-order valence-corrected chi connectivity index (χ4v) is 2.82. The summed E-state index contributed by atoms with van der Waals surface area (Å²) < 4.78 is 0. The lowest BCUT2D eigenvalue weighted by atomic mass is 10.0. The Morgan fingerprint density at radius 1 is 1.54 bits per heavy atom. The molecule has 1 aliphatic rings. The molecule has 0 saturated carbocycles. The molecule has 78 valence electrons. The van der Waals surface area contributed by atoms with Gasteiger partial charge in [-0.3, -0.25) is 0 Å². The van der Waals surface area contributed by atoms with Crippen molar-refractivity contribution >= 4 is 11.8 Å². The molecule has 2 N–H and O–H groups in total. The molecule has 0 aromatic rings. The lowest BCUT2D eigenvalue weighted by Crippen LogP contribution is -2.43. The molecule has 0 spiro atoms. The number of rotatable bonds is 4. The lowest BCUT2D eigenvalue weighted by Gasteiger charge is -2.25. The molecule has 1 aliphatic heterocycles. The van der Waals surface area contributed by atoms with Crippen molar-refractivity contribution < 1.29 is 5.11 Å². The molecule has 0 aliphatic carbocycles. The standard InChI is InChI=1S/C10H21NOS/c1-7(6-12)8(2)11-10-4-5-13-9(10)3/h7-12H,4-6H2,1-3H3. The maximum Gasteiger partial charge on any atom is 0.0471 e. The third-order valence-corrected chi connectivity index (χ3v) is 4.32. The van der Waals surface area contributed by atoms with E-state index >= 15 is 0 Å². The molecule has 3 heteroatoms. The number of thioether (sulfide) groups is 1. The molecule has 13 heavy (non-hydrogen) atoms. The molecule has 0 bridgehead atoms. The first-order chi connectivity index (χ1) is 6.15. The van der Waals surface area contributed by atoms with Crippen LogP contribution in [0, 0.1) is 5.92 Å². The second-order valence-corrected chi connectivity index (χ2v) is 5.57. The van der Waals surface area contributed by atoms with E-state index in [4.69, 9.17) is 5.11 Å². The second-order valence-electron chi connectivity index (χ2n) is 4.09. The van der Waals surface area contributed by atoms with Gasteiger partial charge in [0.25, 0.3) is 0 Å². The van der Waals surface area contributed by atoms with Crippen molar-refractivity contribution in [3.05, 3.63) is 0 Å². The second kappa shape index (κ2) is 5.23. The molecule has 2 nitrogen and oxygen atoms in total. The average Bonchev–Trinajstić information content (AvgIpc) is 2.50. The van der Waals surface area contributed by atoms with Gasteiger partial charge in [0.2, 0.25) is 0 Å². The predicted molar refractivity (Wildman–Crippen MR) is 59.2 cm³/mol. The smallest absolute Gasteiger partial charge is 0.0471 e. The van der Waals surface area contributed by atoms with Crippen LogP contribution in [0.3, 0.4) is 0 Å². The predicted octanol–water partition coefficient (Wildman–Crippen LogP) is 1.49.